The minimum absolute atomic E-state index is 0.0965. The van der Waals surface area contributed by atoms with Crippen LogP contribution in [0.25, 0.3) is 17.0 Å². The lowest BCUT2D eigenvalue weighted by atomic mass is 10.1. The lowest BCUT2D eigenvalue weighted by molar-refractivity contribution is 0.836. The molecule has 0 unspecified atom stereocenters. The zero-order valence-electron chi connectivity index (χ0n) is 13.1. The van der Waals surface area contributed by atoms with E-state index in [1.807, 2.05) is 48.5 Å². The third-order valence-corrected chi connectivity index (χ3v) is 3.79. The third-order valence-electron chi connectivity index (χ3n) is 3.79. The van der Waals surface area contributed by atoms with Crippen molar-refractivity contribution >= 4 is 17.0 Å². The molecule has 3 rings (SSSR count). The molecule has 0 aliphatic heterocycles. The highest BCUT2D eigenvalue weighted by molar-refractivity contribution is 5.89. The fraction of sp³-hybridized carbons (Fsp3) is 0.0476. The van der Waals surface area contributed by atoms with E-state index in [-0.39, 0.29) is 5.57 Å². The standard InChI is InChI=1S/C21H15N3/c22-13-18(14-23)9-6-10-19-16-24(15-17-7-2-1-3-8-17)21-12-5-4-11-20(19)21/h1-12,16H,15H2/b10-6+. The van der Waals surface area contributed by atoms with Crippen molar-refractivity contribution in [1.29, 1.82) is 10.5 Å². The highest BCUT2D eigenvalue weighted by Crippen LogP contribution is 2.23. The van der Waals surface area contributed by atoms with Gasteiger partial charge < -0.3 is 4.57 Å². The van der Waals surface area contributed by atoms with Gasteiger partial charge in [-0.15, -0.1) is 0 Å². The van der Waals surface area contributed by atoms with Gasteiger partial charge in [-0.1, -0.05) is 60.7 Å². The van der Waals surface area contributed by atoms with Crippen LogP contribution in [0.3, 0.4) is 0 Å². The van der Waals surface area contributed by atoms with Gasteiger partial charge in [0.05, 0.1) is 0 Å². The highest BCUT2D eigenvalue weighted by Gasteiger charge is 2.06. The van der Waals surface area contributed by atoms with Crippen LogP contribution in [-0.2, 0) is 6.54 Å². The number of fused-ring (bicyclic) bond motifs is 1. The Labute approximate surface area is 141 Å². The Balaban J connectivity index is 1.98. The molecule has 0 bridgehead atoms. The summed E-state index contributed by atoms with van der Waals surface area (Å²) in [6.45, 7) is 0.798. The van der Waals surface area contributed by atoms with E-state index in [1.54, 1.807) is 6.08 Å². The number of para-hydroxylation sites is 1. The summed E-state index contributed by atoms with van der Waals surface area (Å²) in [5.74, 6) is 0. The first-order chi connectivity index (χ1) is 11.8. The van der Waals surface area contributed by atoms with Gasteiger partial charge in [0.25, 0.3) is 0 Å². The summed E-state index contributed by atoms with van der Waals surface area (Å²) in [4.78, 5) is 0. The molecule has 0 spiro atoms. The molecule has 0 amide bonds. The predicted octanol–water partition coefficient (Wildman–Crippen LogP) is 4.68. The number of hydrogen-bond acceptors (Lipinski definition) is 2. The first kappa shape index (κ1) is 15.3. The number of benzene rings is 2. The first-order valence-electron chi connectivity index (χ1n) is 7.62. The lowest BCUT2D eigenvalue weighted by Crippen LogP contribution is -1.97. The zero-order valence-corrected chi connectivity index (χ0v) is 13.1. The van der Waals surface area contributed by atoms with E-state index in [9.17, 15) is 0 Å². The summed E-state index contributed by atoms with van der Waals surface area (Å²) in [5.41, 5.74) is 3.56. The van der Waals surface area contributed by atoms with Crippen LogP contribution in [0.1, 0.15) is 11.1 Å². The summed E-state index contributed by atoms with van der Waals surface area (Å²) in [5, 5.41) is 18.7. The fourth-order valence-corrected chi connectivity index (χ4v) is 2.67. The van der Waals surface area contributed by atoms with Gasteiger partial charge in [0.1, 0.15) is 17.7 Å². The van der Waals surface area contributed by atoms with Crippen LogP contribution >= 0.6 is 0 Å². The van der Waals surface area contributed by atoms with E-state index >= 15 is 0 Å². The Morgan fingerprint density at radius 3 is 2.42 bits per heavy atom. The molecule has 3 heteroatoms. The Kier molecular flexibility index (Phi) is 4.56. The average molecular weight is 309 g/mol. The maximum Gasteiger partial charge on any atom is 0.129 e. The van der Waals surface area contributed by atoms with Crippen molar-refractivity contribution in [2.45, 2.75) is 6.54 Å². The van der Waals surface area contributed by atoms with Crippen molar-refractivity contribution in [1.82, 2.24) is 4.57 Å². The van der Waals surface area contributed by atoms with E-state index in [4.69, 9.17) is 10.5 Å². The molecule has 3 nitrogen and oxygen atoms in total. The van der Waals surface area contributed by atoms with Gasteiger partial charge in [-0.2, -0.15) is 10.5 Å². The zero-order chi connectivity index (χ0) is 16.8. The van der Waals surface area contributed by atoms with Crippen molar-refractivity contribution in [2.75, 3.05) is 0 Å². The van der Waals surface area contributed by atoms with Crippen LogP contribution in [0.4, 0.5) is 0 Å². The SMILES string of the molecule is N#CC(C#N)=C/C=C/c1cn(Cc2ccccc2)c2ccccc12. The van der Waals surface area contributed by atoms with Gasteiger partial charge in [-0.3, -0.25) is 0 Å². The van der Waals surface area contributed by atoms with E-state index in [2.05, 4.69) is 35.0 Å². The Bertz CT molecular complexity index is 977. The quantitative estimate of drug-likeness (QED) is 0.519. The molecule has 1 heterocycles. The van der Waals surface area contributed by atoms with Gasteiger partial charge in [0.2, 0.25) is 0 Å². The Morgan fingerprint density at radius 2 is 1.67 bits per heavy atom. The average Bonchev–Trinajstić information content (AvgIpc) is 2.98. The van der Waals surface area contributed by atoms with E-state index in [0.717, 1.165) is 23.0 Å². The molecule has 3 aromatic rings. The van der Waals surface area contributed by atoms with Crippen molar-refractivity contribution in [2.24, 2.45) is 0 Å². The van der Waals surface area contributed by atoms with Gasteiger partial charge in [-0.05, 0) is 23.3 Å². The molecule has 0 saturated carbocycles. The van der Waals surface area contributed by atoms with Gasteiger partial charge in [0.15, 0.2) is 0 Å². The lowest BCUT2D eigenvalue weighted by Gasteiger charge is -2.05. The van der Waals surface area contributed by atoms with Crippen LogP contribution in [0, 0.1) is 22.7 Å². The second-order valence-corrected chi connectivity index (χ2v) is 5.38. The van der Waals surface area contributed by atoms with E-state index in [0.29, 0.717) is 0 Å². The second kappa shape index (κ2) is 7.13. The summed E-state index contributed by atoms with van der Waals surface area (Å²) >= 11 is 0. The van der Waals surface area contributed by atoms with Crippen molar-refractivity contribution in [3.05, 3.63) is 89.6 Å². The molecular formula is C21H15N3. The number of nitrogens with zero attached hydrogens (tertiary/aromatic N) is 3. The maximum atomic E-state index is 8.78. The van der Waals surface area contributed by atoms with Crippen LogP contribution in [0.2, 0.25) is 0 Å². The molecule has 1 aromatic heterocycles. The Hall–Kier alpha value is -3.56. The molecule has 0 fully saturated rings. The molecular weight excluding hydrogens is 294 g/mol. The smallest absolute Gasteiger partial charge is 0.129 e. The predicted molar refractivity (Wildman–Crippen MR) is 95.8 cm³/mol. The molecule has 24 heavy (non-hydrogen) atoms. The number of nitriles is 2. The molecule has 0 atom stereocenters. The summed E-state index contributed by atoms with van der Waals surface area (Å²) in [6, 6.07) is 22.2. The van der Waals surface area contributed by atoms with Crippen molar-refractivity contribution < 1.29 is 0 Å². The van der Waals surface area contributed by atoms with E-state index in [1.165, 1.54) is 11.6 Å². The van der Waals surface area contributed by atoms with Crippen molar-refractivity contribution in [3.63, 3.8) is 0 Å². The third kappa shape index (κ3) is 3.27. The minimum Gasteiger partial charge on any atom is -0.342 e. The van der Waals surface area contributed by atoms with Crippen LogP contribution in [-0.4, -0.2) is 4.57 Å². The van der Waals surface area contributed by atoms with Gasteiger partial charge >= 0.3 is 0 Å². The number of allylic oxidation sites excluding steroid dienone is 3. The molecule has 2 aromatic carbocycles. The molecule has 0 saturated heterocycles. The van der Waals surface area contributed by atoms with Crippen molar-refractivity contribution in [3.8, 4) is 12.1 Å². The number of aromatic nitrogens is 1. The van der Waals surface area contributed by atoms with Crippen LogP contribution < -0.4 is 0 Å². The Morgan fingerprint density at radius 1 is 0.958 bits per heavy atom. The second-order valence-electron chi connectivity index (χ2n) is 5.38. The van der Waals surface area contributed by atoms with Gasteiger partial charge in [0, 0.05) is 23.6 Å². The largest absolute Gasteiger partial charge is 0.342 e. The minimum atomic E-state index is 0.0965. The fourth-order valence-electron chi connectivity index (χ4n) is 2.67. The molecule has 114 valence electrons. The summed E-state index contributed by atoms with van der Waals surface area (Å²) < 4.78 is 2.21. The number of rotatable bonds is 4. The monoisotopic (exact) mass is 309 g/mol. The molecule has 0 aliphatic carbocycles. The normalized spacial score (nSPS) is 10.4. The van der Waals surface area contributed by atoms with Gasteiger partial charge in [-0.25, -0.2) is 0 Å². The topological polar surface area (TPSA) is 52.5 Å². The highest BCUT2D eigenvalue weighted by atomic mass is 15.0. The van der Waals surface area contributed by atoms with Crippen LogP contribution in [0.15, 0.2) is 78.5 Å². The van der Waals surface area contributed by atoms with E-state index < -0.39 is 0 Å². The molecule has 0 radical (unpaired) electrons. The number of hydrogen-bond donors (Lipinski definition) is 0. The van der Waals surface area contributed by atoms with Crippen LogP contribution in [0.5, 0.6) is 0 Å². The summed E-state index contributed by atoms with van der Waals surface area (Å²) in [7, 11) is 0. The summed E-state index contributed by atoms with van der Waals surface area (Å²) in [6.07, 6.45) is 7.30. The molecule has 0 N–H and O–H groups in total. The molecule has 0 aliphatic rings. The first-order valence-corrected chi connectivity index (χ1v) is 7.62. The maximum absolute atomic E-state index is 8.78.